The van der Waals surface area contributed by atoms with Crippen LogP contribution in [0.4, 0.5) is 5.82 Å². The second kappa shape index (κ2) is 9.53. The monoisotopic (exact) mass is 440 g/mol. The molecule has 170 valence electrons. The van der Waals surface area contributed by atoms with E-state index < -0.39 is 6.04 Å². The lowest BCUT2D eigenvalue weighted by Gasteiger charge is -2.36. The van der Waals surface area contributed by atoms with E-state index in [1.54, 1.807) is 17.3 Å². The molecule has 1 fully saturated rings. The molecule has 0 saturated carbocycles. The lowest BCUT2D eigenvalue weighted by Crippen LogP contribution is -2.54. The summed E-state index contributed by atoms with van der Waals surface area (Å²) < 4.78 is 7.38. The zero-order chi connectivity index (χ0) is 22.7. The number of amides is 1. The van der Waals surface area contributed by atoms with Gasteiger partial charge >= 0.3 is 0 Å². The second-order valence-corrected chi connectivity index (χ2v) is 7.64. The molecule has 1 aliphatic rings. The van der Waals surface area contributed by atoms with Crippen LogP contribution in [0.2, 0.25) is 0 Å². The predicted molar refractivity (Wildman–Crippen MR) is 118 cm³/mol. The molecule has 0 unspecified atom stereocenters. The molecule has 2 atom stereocenters. The maximum atomic E-state index is 13.2. The number of imidazole rings is 1. The summed E-state index contributed by atoms with van der Waals surface area (Å²) in [5, 5.41) is 12.9. The number of carbonyl (C=O) groups excluding carboxylic acids is 1. The number of aliphatic hydroxyl groups is 1. The summed E-state index contributed by atoms with van der Waals surface area (Å²) >= 11 is 0. The largest absolute Gasteiger partial charge is 0.394 e. The summed E-state index contributed by atoms with van der Waals surface area (Å²) in [7, 11) is 0. The van der Waals surface area contributed by atoms with Crippen molar-refractivity contribution in [2.45, 2.75) is 45.8 Å². The van der Waals surface area contributed by atoms with Crippen LogP contribution in [0, 0.1) is 6.92 Å². The Morgan fingerprint density at radius 3 is 2.75 bits per heavy atom. The highest BCUT2D eigenvalue weighted by Gasteiger charge is 2.31. The van der Waals surface area contributed by atoms with Crippen molar-refractivity contribution < 1.29 is 14.6 Å². The number of nitrogens with one attached hydrogen (secondary N) is 1. The molecular formula is C21H28N8O3. The molecule has 0 radical (unpaired) electrons. The van der Waals surface area contributed by atoms with Crippen LogP contribution < -0.4 is 5.32 Å². The van der Waals surface area contributed by atoms with E-state index >= 15 is 0 Å². The molecule has 3 aromatic rings. The molecule has 4 heterocycles. The van der Waals surface area contributed by atoms with Crippen LogP contribution in [0.25, 0.3) is 22.6 Å². The smallest absolute Gasteiger partial charge is 0.245 e. The molecule has 4 rings (SSSR count). The van der Waals surface area contributed by atoms with Gasteiger partial charge < -0.3 is 24.6 Å². The van der Waals surface area contributed by atoms with Gasteiger partial charge in [-0.2, -0.15) is 0 Å². The minimum Gasteiger partial charge on any atom is -0.394 e. The summed E-state index contributed by atoms with van der Waals surface area (Å²) in [6.45, 7) is 7.53. The molecule has 1 saturated heterocycles. The summed E-state index contributed by atoms with van der Waals surface area (Å²) in [4.78, 5) is 37.1. The molecule has 11 heteroatoms. The van der Waals surface area contributed by atoms with E-state index in [4.69, 9.17) is 9.72 Å². The Hall–Kier alpha value is -3.18. The van der Waals surface area contributed by atoms with Crippen LogP contribution in [0.5, 0.6) is 0 Å². The van der Waals surface area contributed by atoms with Gasteiger partial charge in [-0.1, -0.05) is 6.92 Å². The lowest BCUT2D eigenvalue weighted by molar-refractivity contribution is -0.142. The molecule has 0 spiro atoms. The van der Waals surface area contributed by atoms with Crippen molar-refractivity contribution in [2.75, 3.05) is 31.7 Å². The van der Waals surface area contributed by atoms with Crippen molar-refractivity contribution >= 4 is 22.9 Å². The van der Waals surface area contributed by atoms with Crippen molar-refractivity contribution in [2.24, 2.45) is 0 Å². The Labute approximate surface area is 185 Å². The highest BCUT2D eigenvalue weighted by Crippen LogP contribution is 2.27. The Bertz CT molecular complexity index is 1080. The van der Waals surface area contributed by atoms with Crippen LogP contribution in [0.15, 0.2) is 18.7 Å². The van der Waals surface area contributed by atoms with Gasteiger partial charge in [0.1, 0.15) is 24.0 Å². The second-order valence-electron chi connectivity index (χ2n) is 7.64. The standard InChI is InChI=1S/C21H28N8O3/c1-4-16(21(31)29-6-7-32-11-15(29)10-30)26-18-17-20(25-12-24-18)28(5-2)19(27-17)14-8-22-13(3)23-9-14/h8-9,12,15-16,30H,4-7,10-11H2,1-3H3,(H,24,25,26)/t15-,16+/m1/s1. The van der Waals surface area contributed by atoms with E-state index in [0.717, 1.165) is 5.56 Å². The number of aromatic nitrogens is 6. The van der Waals surface area contributed by atoms with Gasteiger partial charge in [-0.05, 0) is 20.3 Å². The number of anilines is 1. The van der Waals surface area contributed by atoms with Crippen LogP contribution in [-0.2, 0) is 16.1 Å². The van der Waals surface area contributed by atoms with E-state index in [1.165, 1.54) is 6.33 Å². The van der Waals surface area contributed by atoms with Crippen LogP contribution in [0.1, 0.15) is 26.1 Å². The number of fused-ring (bicyclic) bond motifs is 1. The lowest BCUT2D eigenvalue weighted by atomic mass is 10.1. The third-order valence-corrected chi connectivity index (χ3v) is 5.63. The summed E-state index contributed by atoms with van der Waals surface area (Å²) in [5.74, 6) is 1.77. The number of nitrogens with zero attached hydrogens (tertiary/aromatic N) is 7. The van der Waals surface area contributed by atoms with Crippen LogP contribution in [-0.4, -0.2) is 83.8 Å². The number of ether oxygens (including phenoxy) is 1. The van der Waals surface area contributed by atoms with E-state index in [-0.39, 0.29) is 18.6 Å². The molecule has 0 bridgehead atoms. The van der Waals surface area contributed by atoms with Crippen LogP contribution >= 0.6 is 0 Å². The highest BCUT2D eigenvalue weighted by atomic mass is 16.5. The fourth-order valence-electron chi connectivity index (χ4n) is 3.87. The third kappa shape index (κ3) is 4.13. The van der Waals surface area contributed by atoms with Gasteiger partial charge in [0.2, 0.25) is 5.91 Å². The number of carbonyl (C=O) groups is 1. The Morgan fingerprint density at radius 2 is 2.06 bits per heavy atom. The first-order valence-electron chi connectivity index (χ1n) is 10.8. The zero-order valence-electron chi connectivity index (χ0n) is 18.5. The fraction of sp³-hybridized carbons (Fsp3) is 0.524. The van der Waals surface area contributed by atoms with Gasteiger partial charge in [0, 0.05) is 25.5 Å². The third-order valence-electron chi connectivity index (χ3n) is 5.63. The Kier molecular flexibility index (Phi) is 6.56. The number of aliphatic hydroxyl groups excluding tert-OH is 1. The Morgan fingerprint density at radius 1 is 1.28 bits per heavy atom. The number of rotatable bonds is 7. The van der Waals surface area contributed by atoms with Gasteiger partial charge in [-0.3, -0.25) is 4.79 Å². The van der Waals surface area contributed by atoms with Crippen LogP contribution in [0.3, 0.4) is 0 Å². The van der Waals surface area contributed by atoms with Gasteiger partial charge in [-0.25, -0.2) is 24.9 Å². The number of hydrogen-bond donors (Lipinski definition) is 2. The average Bonchev–Trinajstić information content (AvgIpc) is 3.22. The quantitative estimate of drug-likeness (QED) is 0.553. The van der Waals surface area contributed by atoms with Crippen molar-refractivity contribution in [1.29, 1.82) is 0 Å². The topological polar surface area (TPSA) is 131 Å². The van der Waals surface area contributed by atoms with E-state index in [9.17, 15) is 9.90 Å². The maximum Gasteiger partial charge on any atom is 0.245 e. The normalized spacial score (nSPS) is 17.5. The SMILES string of the molecule is CC[C@H](Nc1ncnc2c1nc(-c1cnc(C)nc1)n2CC)C(=O)N1CCOC[C@H]1CO. The first-order valence-corrected chi connectivity index (χ1v) is 10.8. The predicted octanol–water partition coefficient (Wildman–Crippen LogP) is 1.02. The van der Waals surface area contributed by atoms with E-state index in [2.05, 4.69) is 25.3 Å². The summed E-state index contributed by atoms with van der Waals surface area (Å²) in [5.41, 5.74) is 2.03. The van der Waals surface area contributed by atoms with E-state index in [0.29, 0.717) is 61.4 Å². The summed E-state index contributed by atoms with van der Waals surface area (Å²) in [6.07, 6.45) is 5.49. The van der Waals surface area contributed by atoms with Gasteiger partial charge in [-0.15, -0.1) is 0 Å². The van der Waals surface area contributed by atoms with Gasteiger partial charge in [0.25, 0.3) is 0 Å². The van der Waals surface area contributed by atoms with E-state index in [1.807, 2.05) is 25.3 Å². The van der Waals surface area contributed by atoms with Gasteiger partial charge in [0.05, 0.1) is 31.4 Å². The molecule has 1 aliphatic heterocycles. The minimum absolute atomic E-state index is 0.0938. The molecule has 11 nitrogen and oxygen atoms in total. The number of hydrogen-bond acceptors (Lipinski definition) is 9. The molecule has 2 N–H and O–H groups in total. The van der Waals surface area contributed by atoms with Gasteiger partial charge in [0.15, 0.2) is 17.0 Å². The van der Waals surface area contributed by atoms with Crippen molar-refractivity contribution in [1.82, 2.24) is 34.4 Å². The molecule has 0 aromatic carbocycles. The Balaban J connectivity index is 1.68. The molecule has 0 aliphatic carbocycles. The molecule has 3 aromatic heterocycles. The first kappa shape index (κ1) is 22.0. The highest BCUT2D eigenvalue weighted by molar-refractivity contribution is 5.90. The molecule has 1 amide bonds. The minimum atomic E-state index is -0.516. The maximum absolute atomic E-state index is 13.2. The van der Waals surface area contributed by atoms with Crippen molar-refractivity contribution in [3.8, 4) is 11.4 Å². The fourth-order valence-corrected chi connectivity index (χ4v) is 3.87. The first-order chi connectivity index (χ1) is 15.6. The zero-order valence-corrected chi connectivity index (χ0v) is 18.5. The average molecular weight is 441 g/mol. The summed E-state index contributed by atoms with van der Waals surface area (Å²) in [6, 6.07) is -0.858. The molecular weight excluding hydrogens is 412 g/mol. The van der Waals surface area contributed by atoms with Crippen molar-refractivity contribution in [3.05, 3.63) is 24.5 Å². The molecule has 32 heavy (non-hydrogen) atoms. The number of morpholine rings is 1. The number of aryl methyl sites for hydroxylation is 2. The van der Waals surface area contributed by atoms with Crippen molar-refractivity contribution in [3.63, 3.8) is 0 Å².